The average Bonchev–Trinajstić information content (AvgIpc) is 3.22. The Balaban J connectivity index is 1.45. The first-order valence-corrected chi connectivity index (χ1v) is 11.6. The third kappa shape index (κ3) is 5.30. The molecule has 0 aliphatic carbocycles. The Morgan fingerprint density at radius 1 is 1.15 bits per heavy atom. The van der Waals surface area contributed by atoms with Gasteiger partial charge in [-0.15, -0.1) is 0 Å². The third-order valence-electron chi connectivity index (χ3n) is 5.79. The Bertz CT molecular complexity index is 719. The van der Waals surface area contributed by atoms with Gasteiger partial charge in [0, 0.05) is 31.6 Å². The summed E-state index contributed by atoms with van der Waals surface area (Å²) in [6.07, 6.45) is 5.40. The molecule has 3 rings (SSSR count). The van der Waals surface area contributed by atoms with Crippen molar-refractivity contribution >= 4 is 15.9 Å². The van der Waals surface area contributed by atoms with Crippen molar-refractivity contribution in [1.82, 2.24) is 9.62 Å². The number of hydrogen-bond donors (Lipinski definition) is 2. The van der Waals surface area contributed by atoms with E-state index in [2.05, 4.69) is 12.2 Å². The summed E-state index contributed by atoms with van der Waals surface area (Å²) in [5.74, 6) is 0.716. The van der Waals surface area contributed by atoms with E-state index in [1.165, 1.54) is 30.2 Å². The molecular formula is C20H32N3O3S+. The van der Waals surface area contributed by atoms with Crippen LogP contribution in [0.5, 0.6) is 0 Å². The normalized spacial score (nSPS) is 24.0. The molecule has 1 amide bonds. The average molecular weight is 395 g/mol. The van der Waals surface area contributed by atoms with Gasteiger partial charge in [0.1, 0.15) is 0 Å². The number of amides is 1. The van der Waals surface area contributed by atoms with E-state index in [0.717, 1.165) is 31.7 Å². The SMILES string of the molecule is CC1CC[NH+](CCCNC(=O)c2ccc(S(=O)(=O)N3CCCC3)cc2)CC1. The number of piperidine rings is 1. The molecule has 0 spiro atoms. The molecule has 2 N–H and O–H groups in total. The maximum atomic E-state index is 12.5. The number of hydrogen-bond acceptors (Lipinski definition) is 3. The molecule has 2 saturated heterocycles. The van der Waals surface area contributed by atoms with Crippen molar-refractivity contribution in [3.8, 4) is 0 Å². The molecule has 7 heteroatoms. The molecule has 0 saturated carbocycles. The van der Waals surface area contributed by atoms with Crippen molar-refractivity contribution in [2.45, 2.75) is 43.9 Å². The van der Waals surface area contributed by atoms with Gasteiger partial charge in [-0.25, -0.2) is 8.42 Å². The minimum atomic E-state index is -3.42. The van der Waals surface area contributed by atoms with Gasteiger partial charge in [0.05, 0.1) is 24.5 Å². The second-order valence-electron chi connectivity index (χ2n) is 7.93. The number of quaternary nitrogens is 1. The van der Waals surface area contributed by atoms with Gasteiger partial charge in [-0.2, -0.15) is 4.31 Å². The lowest BCUT2D eigenvalue weighted by atomic mass is 9.99. The van der Waals surface area contributed by atoms with Gasteiger partial charge in [0.25, 0.3) is 5.91 Å². The molecular weight excluding hydrogens is 362 g/mol. The molecule has 150 valence electrons. The molecule has 0 aromatic heterocycles. The van der Waals surface area contributed by atoms with Gasteiger partial charge < -0.3 is 10.2 Å². The van der Waals surface area contributed by atoms with Crippen LogP contribution in [-0.2, 0) is 10.0 Å². The Morgan fingerprint density at radius 2 is 1.78 bits per heavy atom. The van der Waals surface area contributed by atoms with Crippen LogP contribution in [0, 0.1) is 5.92 Å². The highest BCUT2D eigenvalue weighted by molar-refractivity contribution is 7.89. The fourth-order valence-corrected chi connectivity index (χ4v) is 5.44. The molecule has 1 aromatic carbocycles. The standard InChI is InChI=1S/C20H31N3O3S/c1-17-9-15-22(16-10-17)12-4-11-21-20(24)18-5-7-19(8-6-18)27(25,26)23-13-2-3-14-23/h5-8,17H,2-4,9-16H2,1H3,(H,21,24)/p+1. The Hall–Kier alpha value is -1.44. The van der Waals surface area contributed by atoms with E-state index in [0.29, 0.717) is 25.2 Å². The molecule has 2 aliphatic heterocycles. The largest absolute Gasteiger partial charge is 0.352 e. The van der Waals surface area contributed by atoms with E-state index in [1.807, 2.05) is 0 Å². The Morgan fingerprint density at radius 3 is 2.41 bits per heavy atom. The van der Waals surface area contributed by atoms with Gasteiger partial charge in [0.15, 0.2) is 0 Å². The highest BCUT2D eigenvalue weighted by atomic mass is 32.2. The number of likely N-dealkylation sites (tertiary alicyclic amines) is 1. The molecule has 2 fully saturated rings. The predicted octanol–water partition coefficient (Wildman–Crippen LogP) is 0.906. The Kier molecular flexibility index (Phi) is 6.89. The van der Waals surface area contributed by atoms with Crippen molar-refractivity contribution in [2.75, 3.05) is 39.3 Å². The second-order valence-corrected chi connectivity index (χ2v) is 9.87. The van der Waals surface area contributed by atoms with Gasteiger partial charge in [-0.05, 0) is 55.9 Å². The first kappa shape index (κ1) is 20.3. The zero-order valence-electron chi connectivity index (χ0n) is 16.2. The van der Waals surface area contributed by atoms with Crippen LogP contribution in [0.25, 0.3) is 0 Å². The van der Waals surface area contributed by atoms with Gasteiger partial charge in [-0.3, -0.25) is 4.79 Å². The Labute approximate surface area is 163 Å². The van der Waals surface area contributed by atoms with Crippen LogP contribution in [0.4, 0.5) is 0 Å². The zero-order valence-corrected chi connectivity index (χ0v) is 17.1. The zero-order chi connectivity index (χ0) is 19.3. The van der Waals surface area contributed by atoms with Gasteiger partial charge >= 0.3 is 0 Å². The maximum absolute atomic E-state index is 12.5. The number of nitrogens with one attached hydrogen (secondary N) is 2. The minimum Gasteiger partial charge on any atom is -0.352 e. The van der Waals surface area contributed by atoms with Crippen molar-refractivity contribution in [3.63, 3.8) is 0 Å². The van der Waals surface area contributed by atoms with E-state index in [-0.39, 0.29) is 10.8 Å². The number of sulfonamides is 1. The predicted molar refractivity (Wildman–Crippen MR) is 105 cm³/mol. The number of carbonyl (C=O) groups is 1. The molecule has 0 unspecified atom stereocenters. The third-order valence-corrected chi connectivity index (χ3v) is 7.71. The molecule has 27 heavy (non-hydrogen) atoms. The highest BCUT2D eigenvalue weighted by Gasteiger charge is 2.27. The van der Waals surface area contributed by atoms with Gasteiger partial charge in [0.2, 0.25) is 10.0 Å². The maximum Gasteiger partial charge on any atom is 0.251 e. The fourth-order valence-electron chi connectivity index (χ4n) is 3.92. The molecule has 0 radical (unpaired) electrons. The molecule has 1 aromatic rings. The monoisotopic (exact) mass is 394 g/mol. The highest BCUT2D eigenvalue weighted by Crippen LogP contribution is 2.21. The summed E-state index contributed by atoms with van der Waals surface area (Å²) < 4.78 is 26.6. The quantitative estimate of drug-likeness (QED) is 0.675. The summed E-state index contributed by atoms with van der Waals surface area (Å²) in [4.78, 5) is 14.2. The second kappa shape index (κ2) is 9.17. The summed E-state index contributed by atoms with van der Waals surface area (Å²) in [6, 6.07) is 6.30. The van der Waals surface area contributed by atoms with Crippen LogP contribution in [0.1, 0.15) is 49.4 Å². The van der Waals surface area contributed by atoms with Crippen LogP contribution >= 0.6 is 0 Å². The van der Waals surface area contributed by atoms with Gasteiger partial charge in [-0.1, -0.05) is 6.92 Å². The first-order valence-electron chi connectivity index (χ1n) is 10.2. The number of nitrogens with zero attached hydrogens (tertiary/aromatic N) is 1. The fraction of sp³-hybridized carbons (Fsp3) is 0.650. The van der Waals surface area contributed by atoms with Crippen molar-refractivity contribution in [3.05, 3.63) is 29.8 Å². The first-order chi connectivity index (χ1) is 13.0. The molecule has 2 aliphatic rings. The topological polar surface area (TPSA) is 70.9 Å². The van der Waals surface area contributed by atoms with Crippen molar-refractivity contribution < 1.29 is 18.1 Å². The van der Waals surface area contributed by atoms with E-state index < -0.39 is 10.0 Å². The molecule has 6 nitrogen and oxygen atoms in total. The van der Waals surface area contributed by atoms with Crippen LogP contribution in [0.15, 0.2) is 29.2 Å². The van der Waals surface area contributed by atoms with E-state index in [4.69, 9.17) is 0 Å². The van der Waals surface area contributed by atoms with Crippen LogP contribution < -0.4 is 10.2 Å². The molecule has 0 bridgehead atoms. The summed E-state index contributed by atoms with van der Waals surface area (Å²) >= 11 is 0. The van der Waals surface area contributed by atoms with E-state index >= 15 is 0 Å². The van der Waals surface area contributed by atoms with Crippen LogP contribution in [0.2, 0.25) is 0 Å². The lowest BCUT2D eigenvalue weighted by Gasteiger charge is -2.27. The van der Waals surface area contributed by atoms with Crippen molar-refractivity contribution in [1.29, 1.82) is 0 Å². The number of benzene rings is 1. The van der Waals surface area contributed by atoms with Crippen LogP contribution in [0.3, 0.4) is 0 Å². The molecule has 0 atom stereocenters. The van der Waals surface area contributed by atoms with Crippen molar-refractivity contribution in [2.24, 2.45) is 5.92 Å². The lowest BCUT2D eigenvalue weighted by molar-refractivity contribution is -0.906. The molecule has 2 heterocycles. The summed E-state index contributed by atoms with van der Waals surface area (Å²) in [7, 11) is -3.42. The lowest BCUT2D eigenvalue weighted by Crippen LogP contribution is -3.13. The summed E-state index contributed by atoms with van der Waals surface area (Å²) in [6.45, 7) is 7.72. The smallest absolute Gasteiger partial charge is 0.251 e. The van der Waals surface area contributed by atoms with E-state index in [9.17, 15) is 13.2 Å². The van der Waals surface area contributed by atoms with E-state index in [1.54, 1.807) is 29.2 Å². The summed E-state index contributed by atoms with van der Waals surface area (Å²) in [5, 5.41) is 2.95. The van der Waals surface area contributed by atoms with Crippen LogP contribution in [-0.4, -0.2) is 57.9 Å². The number of carbonyl (C=O) groups excluding carboxylic acids is 1. The minimum absolute atomic E-state index is 0.137. The number of rotatable bonds is 7. The summed E-state index contributed by atoms with van der Waals surface area (Å²) in [5.41, 5.74) is 0.509.